The second-order valence-corrected chi connectivity index (χ2v) is 5.36. The van der Waals surface area contributed by atoms with E-state index in [4.69, 9.17) is 0 Å². The smallest absolute Gasteiger partial charge is 0.107 e. The predicted molar refractivity (Wildman–Crippen MR) is 74.7 cm³/mol. The second kappa shape index (κ2) is 7.54. The molecular formula is C14H26N4. The van der Waals surface area contributed by atoms with E-state index in [9.17, 15) is 0 Å². The molecule has 1 fully saturated rings. The fraction of sp³-hybridized carbons (Fsp3) is 0.786. The van der Waals surface area contributed by atoms with Crippen molar-refractivity contribution >= 4 is 0 Å². The fourth-order valence-corrected chi connectivity index (χ4v) is 2.64. The van der Waals surface area contributed by atoms with Gasteiger partial charge >= 0.3 is 0 Å². The lowest BCUT2D eigenvalue weighted by Gasteiger charge is -2.24. The van der Waals surface area contributed by atoms with Gasteiger partial charge in [0.05, 0.1) is 0 Å². The summed E-state index contributed by atoms with van der Waals surface area (Å²) in [5.41, 5.74) is 0. The number of aromatic nitrogens is 2. The first-order valence-corrected chi connectivity index (χ1v) is 7.28. The number of likely N-dealkylation sites (tertiary alicyclic amines) is 1. The SMILES string of the molecule is C[C@@H](CN1CCCCCC1)NCCc1ncc[nH]1. The van der Waals surface area contributed by atoms with E-state index in [2.05, 4.69) is 27.1 Å². The minimum Gasteiger partial charge on any atom is -0.349 e. The van der Waals surface area contributed by atoms with E-state index in [-0.39, 0.29) is 0 Å². The van der Waals surface area contributed by atoms with Crippen LogP contribution in [0.2, 0.25) is 0 Å². The first-order valence-electron chi connectivity index (χ1n) is 7.28. The van der Waals surface area contributed by atoms with Crippen molar-refractivity contribution < 1.29 is 0 Å². The third-order valence-electron chi connectivity index (χ3n) is 3.64. The van der Waals surface area contributed by atoms with Crippen LogP contribution in [0.1, 0.15) is 38.4 Å². The molecule has 0 aliphatic carbocycles. The van der Waals surface area contributed by atoms with Crippen LogP contribution in [0.3, 0.4) is 0 Å². The van der Waals surface area contributed by atoms with Crippen LogP contribution >= 0.6 is 0 Å². The zero-order valence-corrected chi connectivity index (χ0v) is 11.5. The molecule has 0 aromatic carbocycles. The minimum absolute atomic E-state index is 0.568. The normalized spacial score (nSPS) is 19.6. The van der Waals surface area contributed by atoms with Gasteiger partial charge in [0.25, 0.3) is 0 Å². The van der Waals surface area contributed by atoms with Gasteiger partial charge in [0, 0.05) is 37.9 Å². The summed E-state index contributed by atoms with van der Waals surface area (Å²) < 4.78 is 0. The van der Waals surface area contributed by atoms with E-state index in [1.54, 1.807) is 0 Å². The van der Waals surface area contributed by atoms with Crippen molar-refractivity contribution in [2.45, 2.75) is 45.1 Å². The molecule has 0 amide bonds. The molecule has 1 aromatic rings. The Bertz CT molecular complexity index is 302. The van der Waals surface area contributed by atoms with Gasteiger partial charge in [-0.1, -0.05) is 12.8 Å². The van der Waals surface area contributed by atoms with E-state index >= 15 is 0 Å². The highest BCUT2D eigenvalue weighted by Crippen LogP contribution is 2.09. The highest BCUT2D eigenvalue weighted by molar-refractivity contribution is 4.87. The zero-order chi connectivity index (χ0) is 12.6. The van der Waals surface area contributed by atoms with Gasteiger partial charge in [0.1, 0.15) is 5.82 Å². The minimum atomic E-state index is 0.568. The molecule has 2 heterocycles. The van der Waals surface area contributed by atoms with Crippen LogP contribution in [-0.4, -0.2) is 47.1 Å². The van der Waals surface area contributed by atoms with Crippen LogP contribution < -0.4 is 5.32 Å². The van der Waals surface area contributed by atoms with Crippen molar-refractivity contribution in [2.24, 2.45) is 0 Å². The monoisotopic (exact) mass is 250 g/mol. The van der Waals surface area contributed by atoms with E-state index in [1.807, 2.05) is 12.4 Å². The topological polar surface area (TPSA) is 44.0 Å². The molecule has 102 valence electrons. The number of nitrogens with one attached hydrogen (secondary N) is 2. The van der Waals surface area contributed by atoms with Crippen LogP contribution in [0.15, 0.2) is 12.4 Å². The average molecular weight is 250 g/mol. The van der Waals surface area contributed by atoms with Crippen molar-refractivity contribution in [3.63, 3.8) is 0 Å². The summed E-state index contributed by atoms with van der Waals surface area (Å²) >= 11 is 0. The van der Waals surface area contributed by atoms with Crippen molar-refractivity contribution in [2.75, 3.05) is 26.2 Å². The Balaban J connectivity index is 1.60. The molecule has 0 bridgehead atoms. The molecule has 18 heavy (non-hydrogen) atoms. The summed E-state index contributed by atoms with van der Waals surface area (Å²) in [6.45, 7) is 7.03. The molecule has 0 saturated carbocycles. The Labute approximate surface area is 110 Å². The Morgan fingerprint density at radius 2 is 2.11 bits per heavy atom. The molecule has 1 aliphatic heterocycles. The predicted octanol–water partition coefficient (Wildman–Crippen LogP) is 1.81. The quantitative estimate of drug-likeness (QED) is 0.809. The zero-order valence-electron chi connectivity index (χ0n) is 11.5. The summed E-state index contributed by atoms with van der Waals surface area (Å²) in [4.78, 5) is 9.98. The first kappa shape index (κ1) is 13.6. The molecule has 4 nitrogen and oxygen atoms in total. The Hall–Kier alpha value is -0.870. The fourth-order valence-electron chi connectivity index (χ4n) is 2.64. The number of rotatable bonds is 6. The van der Waals surface area contributed by atoms with Crippen LogP contribution in [-0.2, 0) is 6.42 Å². The lowest BCUT2D eigenvalue weighted by Crippen LogP contribution is -2.40. The van der Waals surface area contributed by atoms with E-state index in [0.29, 0.717) is 6.04 Å². The molecule has 0 radical (unpaired) electrons. The average Bonchev–Trinajstić information content (AvgIpc) is 2.74. The van der Waals surface area contributed by atoms with Crippen molar-refractivity contribution in [1.82, 2.24) is 20.2 Å². The number of nitrogens with zero attached hydrogens (tertiary/aromatic N) is 2. The number of imidazole rings is 1. The van der Waals surface area contributed by atoms with Crippen LogP contribution in [0, 0.1) is 0 Å². The highest BCUT2D eigenvalue weighted by atomic mass is 15.1. The van der Waals surface area contributed by atoms with Gasteiger partial charge in [-0.25, -0.2) is 4.98 Å². The van der Waals surface area contributed by atoms with E-state index in [0.717, 1.165) is 18.8 Å². The van der Waals surface area contributed by atoms with Crippen molar-refractivity contribution in [1.29, 1.82) is 0 Å². The third kappa shape index (κ3) is 4.78. The van der Waals surface area contributed by atoms with Crippen molar-refractivity contribution in [3.8, 4) is 0 Å². The summed E-state index contributed by atoms with van der Waals surface area (Å²) in [6.07, 6.45) is 10.3. The Morgan fingerprint density at radius 3 is 2.78 bits per heavy atom. The first-order chi connectivity index (χ1) is 8.84. The molecule has 2 N–H and O–H groups in total. The number of hydrogen-bond donors (Lipinski definition) is 2. The summed E-state index contributed by atoms with van der Waals surface area (Å²) in [5, 5.41) is 3.59. The molecule has 1 aromatic heterocycles. The maximum absolute atomic E-state index is 4.24. The highest BCUT2D eigenvalue weighted by Gasteiger charge is 2.11. The molecule has 1 aliphatic rings. The lowest BCUT2D eigenvalue weighted by molar-refractivity contribution is 0.256. The van der Waals surface area contributed by atoms with Gasteiger partial charge in [-0.15, -0.1) is 0 Å². The van der Waals surface area contributed by atoms with Gasteiger partial charge in [0.2, 0.25) is 0 Å². The molecule has 1 atom stereocenters. The van der Waals surface area contributed by atoms with E-state index < -0.39 is 0 Å². The summed E-state index contributed by atoms with van der Waals surface area (Å²) in [6, 6.07) is 0.568. The molecular weight excluding hydrogens is 224 g/mol. The van der Waals surface area contributed by atoms with Crippen LogP contribution in [0.5, 0.6) is 0 Å². The lowest BCUT2D eigenvalue weighted by atomic mass is 10.2. The van der Waals surface area contributed by atoms with Crippen molar-refractivity contribution in [3.05, 3.63) is 18.2 Å². The van der Waals surface area contributed by atoms with Gasteiger partial charge < -0.3 is 15.2 Å². The number of aromatic amines is 1. The van der Waals surface area contributed by atoms with E-state index in [1.165, 1.54) is 45.3 Å². The van der Waals surface area contributed by atoms with Crippen LogP contribution in [0.25, 0.3) is 0 Å². The molecule has 0 spiro atoms. The van der Waals surface area contributed by atoms with Crippen LogP contribution in [0.4, 0.5) is 0 Å². The number of hydrogen-bond acceptors (Lipinski definition) is 3. The second-order valence-electron chi connectivity index (χ2n) is 5.36. The summed E-state index contributed by atoms with van der Waals surface area (Å²) in [7, 11) is 0. The molecule has 0 unspecified atom stereocenters. The summed E-state index contributed by atoms with van der Waals surface area (Å²) in [5.74, 6) is 1.07. The largest absolute Gasteiger partial charge is 0.349 e. The molecule has 2 rings (SSSR count). The Morgan fingerprint density at radius 1 is 1.33 bits per heavy atom. The van der Waals surface area contributed by atoms with Gasteiger partial charge in [0.15, 0.2) is 0 Å². The molecule has 4 heteroatoms. The standard InChI is InChI=1S/C14H26N4/c1-13(12-18-10-4-2-3-5-11-18)15-7-6-14-16-8-9-17-14/h8-9,13,15H,2-7,10-12H2,1H3,(H,16,17)/t13-/m0/s1. The Kier molecular flexibility index (Phi) is 5.68. The number of H-pyrrole nitrogens is 1. The van der Waals surface area contributed by atoms with Gasteiger partial charge in [-0.3, -0.25) is 0 Å². The third-order valence-corrected chi connectivity index (χ3v) is 3.64. The van der Waals surface area contributed by atoms with Gasteiger partial charge in [-0.2, -0.15) is 0 Å². The maximum Gasteiger partial charge on any atom is 0.107 e. The van der Waals surface area contributed by atoms with Gasteiger partial charge in [-0.05, 0) is 32.9 Å². The molecule has 1 saturated heterocycles. The maximum atomic E-state index is 4.24.